The number of carbonyl (C=O) groups is 1. The molecule has 1 heterocycles. The number of hydrogen-bond acceptors (Lipinski definition) is 4. The predicted molar refractivity (Wildman–Crippen MR) is 71.6 cm³/mol. The number of benzene rings is 1. The van der Waals surface area contributed by atoms with Crippen molar-refractivity contribution in [1.82, 2.24) is 5.32 Å². The first-order valence-electron chi connectivity index (χ1n) is 6.88. The standard InChI is InChI=1S/C15H16N2O3/c16-9-11-2-1-3-12(11)17-15(18)10-4-5-13-14(8-10)20-7-6-19-13/h4-5,8,11-12H,1-3,6-7H2,(H,17,18). The highest BCUT2D eigenvalue weighted by atomic mass is 16.6. The highest BCUT2D eigenvalue weighted by Gasteiger charge is 2.28. The summed E-state index contributed by atoms with van der Waals surface area (Å²) in [5.41, 5.74) is 0.540. The first kappa shape index (κ1) is 12.8. The Kier molecular flexibility index (Phi) is 3.46. The lowest BCUT2D eigenvalue weighted by Crippen LogP contribution is -2.36. The average molecular weight is 272 g/mol. The summed E-state index contributed by atoms with van der Waals surface area (Å²) in [5, 5.41) is 12.0. The molecule has 0 radical (unpaired) electrons. The molecule has 1 saturated carbocycles. The number of hydrogen-bond donors (Lipinski definition) is 1. The van der Waals surface area contributed by atoms with Gasteiger partial charge in [0.2, 0.25) is 0 Å². The third kappa shape index (κ3) is 2.42. The molecule has 5 nitrogen and oxygen atoms in total. The molecular formula is C15H16N2O3. The van der Waals surface area contributed by atoms with Crippen LogP contribution in [0.3, 0.4) is 0 Å². The number of nitrogens with zero attached hydrogens (tertiary/aromatic N) is 1. The van der Waals surface area contributed by atoms with Crippen LogP contribution in [0.4, 0.5) is 0 Å². The van der Waals surface area contributed by atoms with Crippen LogP contribution in [0, 0.1) is 17.2 Å². The van der Waals surface area contributed by atoms with Crippen LogP contribution in [0.25, 0.3) is 0 Å². The van der Waals surface area contributed by atoms with Gasteiger partial charge in [0, 0.05) is 11.6 Å². The Labute approximate surface area is 117 Å². The van der Waals surface area contributed by atoms with E-state index in [0.717, 1.165) is 19.3 Å². The first-order chi connectivity index (χ1) is 9.78. The third-order valence-corrected chi connectivity index (χ3v) is 3.80. The van der Waals surface area contributed by atoms with Crippen LogP contribution in [0.1, 0.15) is 29.6 Å². The zero-order chi connectivity index (χ0) is 13.9. The fourth-order valence-corrected chi connectivity index (χ4v) is 2.72. The average Bonchev–Trinajstić information content (AvgIpc) is 2.94. The maximum atomic E-state index is 12.2. The predicted octanol–water partition coefficient (Wildman–Crippen LogP) is 1.88. The summed E-state index contributed by atoms with van der Waals surface area (Å²) >= 11 is 0. The zero-order valence-corrected chi connectivity index (χ0v) is 11.1. The van der Waals surface area contributed by atoms with E-state index in [1.54, 1.807) is 18.2 Å². The van der Waals surface area contributed by atoms with Crippen LogP contribution >= 0.6 is 0 Å². The van der Waals surface area contributed by atoms with Gasteiger partial charge < -0.3 is 14.8 Å². The number of ether oxygens (including phenoxy) is 2. The van der Waals surface area contributed by atoms with Gasteiger partial charge in [-0.25, -0.2) is 0 Å². The zero-order valence-electron chi connectivity index (χ0n) is 11.1. The van der Waals surface area contributed by atoms with Crippen molar-refractivity contribution in [2.75, 3.05) is 13.2 Å². The highest BCUT2D eigenvalue weighted by molar-refractivity contribution is 5.95. The molecule has 1 N–H and O–H groups in total. The number of amides is 1. The van der Waals surface area contributed by atoms with Crippen molar-refractivity contribution >= 4 is 5.91 Å². The van der Waals surface area contributed by atoms with Gasteiger partial charge in [0.15, 0.2) is 11.5 Å². The Morgan fingerprint density at radius 3 is 2.85 bits per heavy atom. The van der Waals surface area contributed by atoms with E-state index in [-0.39, 0.29) is 17.9 Å². The minimum Gasteiger partial charge on any atom is -0.486 e. The molecular weight excluding hydrogens is 256 g/mol. The van der Waals surface area contributed by atoms with Gasteiger partial charge in [0.05, 0.1) is 12.0 Å². The summed E-state index contributed by atoms with van der Waals surface area (Å²) < 4.78 is 10.9. The van der Waals surface area contributed by atoms with E-state index >= 15 is 0 Å². The van der Waals surface area contributed by atoms with Crippen molar-refractivity contribution in [2.45, 2.75) is 25.3 Å². The maximum absolute atomic E-state index is 12.2. The van der Waals surface area contributed by atoms with Crippen LogP contribution in [0.15, 0.2) is 18.2 Å². The molecule has 2 unspecified atom stereocenters. The summed E-state index contributed by atoms with van der Waals surface area (Å²) in [5.74, 6) is 1.04. The van der Waals surface area contributed by atoms with E-state index in [9.17, 15) is 4.79 Å². The molecule has 1 aromatic rings. The van der Waals surface area contributed by atoms with Gasteiger partial charge in [-0.1, -0.05) is 0 Å². The van der Waals surface area contributed by atoms with Crippen LogP contribution in [-0.4, -0.2) is 25.2 Å². The largest absolute Gasteiger partial charge is 0.486 e. The molecule has 0 bridgehead atoms. The molecule has 20 heavy (non-hydrogen) atoms. The molecule has 2 atom stereocenters. The molecule has 5 heteroatoms. The van der Waals surface area contributed by atoms with Gasteiger partial charge in [0.25, 0.3) is 5.91 Å². The molecule has 1 aromatic carbocycles. The molecule has 0 aromatic heterocycles. The van der Waals surface area contributed by atoms with E-state index in [0.29, 0.717) is 30.3 Å². The number of nitrogens with one attached hydrogen (secondary N) is 1. The summed E-state index contributed by atoms with van der Waals surface area (Å²) in [6, 6.07) is 7.39. The molecule has 0 saturated heterocycles. The van der Waals surface area contributed by atoms with E-state index in [4.69, 9.17) is 14.7 Å². The van der Waals surface area contributed by atoms with Gasteiger partial charge in [-0.2, -0.15) is 5.26 Å². The quantitative estimate of drug-likeness (QED) is 0.892. The Balaban J connectivity index is 1.73. The summed E-state index contributed by atoms with van der Waals surface area (Å²) in [4.78, 5) is 12.2. The summed E-state index contributed by atoms with van der Waals surface area (Å²) in [7, 11) is 0. The summed E-state index contributed by atoms with van der Waals surface area (Å²) in [6.07, 6.45) is 2.72. The van der Waals surface area contributed by atoms with Crippen LogP contribution in [0.5, 0.6) is 11.5 Å². The molecule has 2 aliphatic rings. The molecule has 1 aliphatic heterocycles. The maximum Gasteiger partial charge on any atom is 0.251 e. The van der Waals surface area contributed by atoms with E-state index in [1.165, 1.54) is 0 Å². The second kappa shape index (κ2) is 5.41. The third-order valence-electron chi connectivity index (χ3n) is 3.80. The van der Waals surface area contributed by atoms with Crippen LogP contribution in [-0.2, 0) is 0 Å². The van der Waals surface area contributed by atoms with Gasteiger partial charge >= 0.3 is 0 Å². The van der Waals surface area contributed by atoms with E-state index in [1.807, 2.05) is 0 Å². The number of fused-ring (bicyclic) bond motifs is 1. The number of nitriles is 1. The molecule has 104 valence electrons. The minimum atomic E-state index is -0.158. The monoisotopic (exact) mass is 272 g/mol. The molecule has 1 aliphatic carbocycles. The second-order valence-electron chi connectivity index (χ2n) is 5.10. The van der Waals surface area contributed by atoms with Gasteiger partial charge in [-0.15, -0.1) is 0 Å². The van der Waals surface area contributed by atoms with Crippen LogP contribution in [0.2, 0.25) is 0 Å². The smallest absolute Gasteiger partial charge is 0.251 e. The fraction of sp³-hybridized carbons (Fsp3) is 0.467. The van der Waals surface area contributed by atoms with Crippen molar-refractivity contribution in [3.63, 3.8) is 0 Å². The molecule has 3 rings (SSSR count). The van der Waals surface area contributed by atoms with Gasteiger partial charge in [0.1, 0.15) is 13.2 Å². The fourth-order valence-electron chi connectivity index (χ4n) is 2.72. The normalized spacial score (nSPS) is 23.9. The van der Waals surface area contributed by atoms with E-state index in [2.05, 4.69) is 11.4 Å². The SMILES string of the molecule is N#CC1CCCC1NC(=O)c1ccc2c(c1)OCCO2. The van der Waals surface area contributed by atoms with Crippen molar-refractivity contribution < 1.29 is 14.3 Å². The number of rotatable bonds is 2. The molecule has 1 amide bonds. The Morgan fingerprint density at radius 1 is 1.25 bits per heavy atom. The lowest BCUT2D eigenvalue weighted by molar-refractivity contribution is 0.0931. The Morgan fingerprint density at radius 2 is 2.05 bits per heavy atom. The van der Waals surface area contributed by atoms with E-state index < -0.39 is 0 Å². The molecule has 0 spiro atoms. The van der Waals surface area contributed by atoms with Crippen LogP contribution < -0.4 is 14.8 Å². The first-order valence-corrected chi connectivity index (χ1v) is 6.88. The van der Waals surface area contributed by atoms with Crippen molar-refractivity contribution in [3.8, 4) is 17.6 Å². The topological polar surface area (TPSA) is 71.4 Å². The minimum absolute atomic E-state index is 0.0410. The second-order valence-corrected chi connectivity index (χ2v) is 5.10. The Hall–Kier alpha value is -2.22. The van der Waals surface area contributed by atoms with Crippen molar-refractivity contribution in [2.24, 2.45) is 5.92 Å². The van der Waals surface area contributed by atoms with Crippen molar-refractivity contribution in [3.05, 3.63) is 23.8 Å². The van der Waals surface area contributed by atoms with Gasteiger partial charge in [-0.3, -0.25) is 4.79 Å². The van der Waals surface area contributed by atoms with Gasteiger partial charge in [-0.05, 0) is 37.5 Å². The summed E-state index contributed by atoms with van der Waals surface area (Å²) in [6.45, 7) is 1.03. The molecule has 1 fully saturated rings. The Bertz CT molecular complexity index is 565. The lowest BCUT2D eigenvalue weighted by Gasteiger charge is -2.20. The highest BCUT2D eigenvalue weighted by Crippen LogP contribution is 2.31. The number of carbonyl (C=O) groups excluding carboxylic acids is 1. The lowest BCUT2D eigenvalue weighted by atomic mass is 10.1. The van der Waals surface area contributed by atoms with Crippen molar-refractivity contribution in [1.29, 1.82) is 5.26 Å².